The van der Waals surface area contributed by atoms with Crippen molar-refractivity contribution in [1.29, 1.82) is 0 Å². The number of aryl methyl sites for hydroxylation is 1. The number of amides is 2. The van der Waals surface area contributed by atoms with E-state index in [9.17, 15) is 9.59 Å². The predicted molar refractivity (Wildman–Crippen MR) is 70.7 cm³/mol. The molecule has 2 rings (SSSR count). The Morgan fingerprint density at radius 2 is 2.00 bits per heavy atom. The maximum Gasteiger partial charge on any atom is 0.267 e. The van der Waals surface area contributed by atoms with E-state index in [1.165, 1.54) is 0 Å². The number of carbonyl (C=O) groups excluding carboxylic acids is 2. The number of rotatable bonds is 4. The first-order valence-corrected chi connectivity index (χ1v) is 6.61. The zero-order valence-electron chi connectivity index (χ0n) is 11.0. The fourth-order valence-electron chi connectivity index (χ4n) is 2.27. The summed E-state index contributed by atoms with van der Waals surface area (Å²) in [5.74, 6) is -0.520. The SMILES string of the molecule is CCCC(=O)Nc1nc2c(c(C(N)=O)n1)CCCC2. The summed E-state index contributed by atoms with van der Waals surface area (Å²) >= 11 is 0. The van der Waals surface area contributed by atoms with E-state index in [0.29, 0.717) is 6.42 Å². The number of nitrogens with zero attached hydrogens (tertiary/aromatic N) is 2. The maximum absolute atomic E-state index is 11.6. The summed E-state index contributed by atoms with van der Waals surface area (Å²) in [6.45, 7) is 1.92. The van der Waals surface area contributed by atoms with Crippen molar-refractivity contribution in [3.8, 4) is 0 Å². The van der Waals surface area contributed by atoms with E-state index in [1.807, 2.05) is 6.92 Å². The molecule has 0 fully saturated rings. The topological polar surface area (TPSA) is 98.0 Å². The minimum Gasteiger partial charge on any atom is -0.364 e. The van der Waals surface area contributed by atoms with E-state index in [-0.39, 0.29) is 17.5 Å². The van der Waals surface area contributed by atoms with Crippen LogP contribution in [0.25, 0.3) is 0 Å². The number of nitrogens with one attached hydrogen (secondary N) is 1. The molecule has 1 aliphatic carbocycles. The second kappa shape index (κ2) is 5.77. The average molecular weight is 262 g/mol. The van der Waals surface area contributed by atoms with Crippen molar-refractivity contribution in [2.45, 2.75) is 45.4 Å². The first-order valence-electron chi connectivity index (χ1n) is 6.61. The second-order valence-corrected chi connectivity index (χ2v) is 4.69. The van der Waals surface area contributed by atoms with Crippen LogP contribution in [0.4, 0.5) is 5.95 Å². The summed E-state index contributed by atoms with van der Waals surface area (Å²) in [6, 6.07) is 0. The highest BCUT2D eigenvalue weighted by molar-refractivity contribution is 5.94. The van der Waals surface area contributed by atoms with Crippen molar-refractivity contribution >= 4 is 17.8 Å². The molecule has 19 heavy (non-hydrogen) atoms. The Labute approximate surface area is 111 Å². The summed E-state index contributed by atoms with van der Waals surface area (Å²) in [5.41, 5.74) is 7.28. The highest BCUT2D eigenvalue weighted by Gasteiger charge is 2.21. The van der Waals surface area contributed by atoms with Gasteiger partial charge in [0.15, 0.2) is 0 Å². The fraction of sp³-hybridized carbons (Fsp3) is 0.538. The first-order chi connectivity index (χ1) is 9.11. The van der Waals surface area contributed by atoms with Crippen molar-refractivity contribution in [2.75, 3.05) is 5.32 Å². The van der Waals surface area contributed by atoms with Gasteiger partial charge < -0.3 is 5.73 Å². The maximum atomic E-state index is 11.6. The van der Waals surface area contributed by atoms with Crippen LogP contribution in [0.3, 0.4) is 0 Å². The smallest absolute Gasteiger partial charge is 0.267 e. The Bertz CT molecular complexity index is 514. The molecule has 2 amide bonds. The standard InChI is InChI=1S/C13H18N4O2/c1-2-5-10(18)16-13-15-9-7-4-3-6-8(9)11(17-13)12(14)19/h2-7H2,1H3,(H2,14,19)(H,15,16,17,18). The van der Waals surface area contributed by atoms with Gasteiger partial charge in [0, 0.05) is 17.7 Å². The summed E-state index contributed by atoms with van der Waals surface area (Å²) < 4.78 is 0. The molecule has 1 aliphatic rings. The molecule has 0 radical (unpaired) electrons. The molecule has 1 aromatic rings. The van der Waals surface area contributed by atoms with Crippen molar-refractivity contribution in [1.82, 2.24) is 9.97 Å². The van der Waals surface area contributed by atoms with E-state index in [1.54, 1.807) is 0 Å². The Morgan fingerprint density at radius 1 is 1.26 bits per heavy atom. The van der Waals surface area contributed by atoms with E-state index in [0.717, 1.165) is 43.4 Å². The molecule has 0 aliphatic heterocycles. The Kier molecular flexibility index (Phi) is 4.09. The molecule has 1 heterocycles. The molecule has 1 aromatic heterocycles. The number of hydrogen-bond donors (Lipinski definition) is 2. The van der Waals surface area contributed by atoms with Crippen molar-refractivity contribution in [3.05, 3.63) is 17.0 Å². The number of carbonyl (C=O) groups is 2. The van der Waals surface area contributed by atoms with Gasteiger partial charge in [-0.3, -0.25) is 14.9 Å². The van der Waals surface area contributed by atoms with Crippen LogP contribution in [-0.2, 0) is 17.6 Å². The monoisotopic (exact) mass is 262 g/mol. The molecule has 0 aromatic carbocycles. The van der Waals surface area contributed by atoms with Crippen LogP contribution in [0, 0.1) is 0 Å². The van der Waals surface area contributed by atoms with Crippen molar-refractivity contribution < 1.29 is 9.59 Å². The van der Waals surface area contributed by atoms with Crippen LogP contribution in [0.15, 0.2) is 0 Å². The molecular formula is C13H18N4O2. The van der Waals surface area contributed by atoms with Crippen molar-refractivity contribution in [3.63, 3.8) is 0 Å². The van der Waals surface area contributed by atoms with Gasteiger partial charge in [-0.05, 0) is 32.1 Å². The average Bonchev–Trinajstić information content (AvgIpc) is 2.37. The third-order valence-electron chi connectivity index (χ3n) is 3.14. The lowest BCUT2D eigenvalue weighted by molar-refractivity contribution is -0.116. The summed E-state index contributed by atoms with van der Waals surface area (Å²) in [6.07, 6.45) is 4.78. The minimum absolute atomic E-state index is 0.145. The molecule has 102 valence electrons. The molecule has 0 saturated carbocycles. The molecule has 0 saturated heterocycles. The highest BCUT2D eigenvalue weighted by atomic mass is 16.2. The van der Waals surface area contributed by atoms with Crippen LogP contribution >= 0.6 is 0 Å². The van der Waals surface area contributed by atoms with Crippen LogP contribution < -0.4 is 11.1 Å². The number of aromatic nitrogens is 2. The number of primary amides is 1. The minimum atomic E-state index is -0.563. The molecule has 0 unspecified atom stereocenters. The van der Waals surface area contributed by atoms with Crippen LogP contribution in [0.5, 0.6) is 0 Å². The van der Waals surface area contributed by atoms with E-state index in [2.05, 4.69) is 15.3 Å². The Morgan fingerprint density at radius 3 is 2.68 bits per heavy atom. The van der Waals surface area contributed by atoms with Gasteiger partial charge in [0.2, 0.25) is 11.9 Å². The van der Waals surface area contributed by atoms with Crippen LogP contribution in [0.2, 0.25) is 0 Å². The highest BCUT2D eigenvalue weighted by Crippen LogP contribution is 2.23. The predicted octanol–water partition coefficient (Wildman–Crippen LogP) is 1.19. The van der Waals surface area contributed by atoms with Gasteiger partial charge in [0.05, 0.1) is 0 Å². The quantitative estimate of drug-likeness (QED) is 0.851. The third-order valence-corrected chi connectivity index (χ3v) is 3.14. The fourth-order valence-corrected chi connectivity index (χ4v) is 2.27. The van der Waals surface area contributed by atoms with Gasteiger partial charge in [0.25, 0.3) is 5.91 Å². The van der Waals surface area contributed by atoms with Gasteiger partial charge in [0.1, 0.15) is 5.69 Å². The lowest BCUT2D eigenvalue weighted by atomic mass is 9.94. The van der Waals surface area contributed by atoms with E-state index in [4.69, 9.17) is 5.73 Å². The normalized spacial score (nSPS) is 13.7. The molecule has 0 spiro atoms. The summed E-state index contributed by atoms with van der Waals surface area (Å²) in [5, 5.41) is 2.62. The number of hydrogen-bond acceptors (Lipinski definition) is 4. The molecule has 6 nitrogen and oxygen atoms in total. The molecule has 3 N–H and O–H groups in total. The molecule has 0 bridgehead atoms. The van der Waals surface area contributed by atoms with Gasteiger partial charge in [-0.2, -0.15) is 0 Å². The van der Waals surface area contributed by atoms with Crippen molar-refractivity contribution in [2.24, 2.45) is 5.73 Å². The van der Waals surface area contributed by atoms with Crippen LogP contribution in [-0.4, -0.2) is 21.8 Å². The Balaban J connectivity index is 2.33. The van der Waals surface area contributed by atoms with Gasteiger partial charge in [-0.15, -0.1) is 0 Å². The lowest BCUT2D eigenvalue weighted by Gasteiger charge is -2.17. The lowest BCUT2D eigenvalue weighted by Crippen LogP contribution is -2.23. The summed E-state index contributed by atoms with van der Waals surface area (Å²) in [4.78, 5) is 31.4. The van der Waals surface area contributed by atoms with Crippen LogP contribution in [0.1, 0.15) is 54.4 Å². The first kappa shape index (κ1) is 13.5. The molecular weight excluding hydrogens is 244 g/mol. The van der Waals surface area contributed by atoms with Gasteiger partial charge >= 0.3 is 0 Å². The second-order valence-electron chi connectivity index (χ2n) is 4.69. The number of fused-ring (bicyclic) bond motifs is 1. The number of nitrogens with two attached hydrogens (primary N) is 1. The molecule has 0 atom stereocenters. The van der Waals surface area contributed by atoms with Gasteiger partial charge in [-0.1, -0.05) is 6.92 Å². The van der Waals surface area contributed by atoms with E-state index < -0.39 is 5.91 Å². The Hall–Kier alpha value is -1.98. The zero-order valence-corrected chi connectivity index (χ0v) is 11.0. The largest absolute Gasteiger partial charge is 0.364 e. The van der Waals surface area contributed by atoms with Gasteiger partial charge in [-0.25, -0.2) is 9.97 Å². The summed E-state index contributed by atoms with van der Waals surface area (Å²) in [7, 11) is 0. The number of anilines is 1. The third kappa shape index (κ3) is 3.07. The zero-order chi connectivity index (χ0) is 13.8. The molecule has 6 heteroatoms. The van der Waals surface area contributed by atoms with E-state index >= 15 is 0 Å².